The Morgan fingerprint density at radius 2 is 1.85 bits per heavy atom. The van der Waals surface area contributed by atoms with Crippen LogP contribution in [0, 0.1) is 0 Å². The number of aromatic nitrogens is 2. The number of halogens is 1. The molecule has 0 aliphatic heterocycles. The second-order valence-electron chi connectivity index (χ2n) is 5.77. The fourth-order valence-corrected chi connectivity index (χ4v) is 2.96. The lowest BCUT2D eigenvalue weighted by molar-refractivity contribution is 0.0951. The van der Waals surface area contributed by atoms with Gasteiger partial charge in [0.1, 0.15) is 5.69 Å². The molecule has 3 aromatic rings. The topological polar surface area (TPSA) is 64.0 Å². The average Bonchev–Trinajstić information content (AvgIpc) is 3.12. The van der Waals surface area contributed by atoms with Crippen molar-refractivity contribution in [3.8, 4) is 11.3 Å². The SMILES string of the molecule is O=Cc1cn(CCNC(=O)c2ccc(CBr)cc2)nc1-c1ccccc1. The highest BCUT2D eigenvalue weighted by molar-refractivity contribution is 9.08. The van der Waals surface area contributed by atoms with Crippen LogP contribution in [0.4, 0.5) is 0 Å². The summed E-state index contributed by atoms with van der Waals surface area (Å²) in [6, 6.07) is 17.0. The average molecular weight is 412 g/mol. The molecule has 5 nitrogen and oxygen atoms in total. The van der Waals surface area contributed by atoms with Gasteiger partial charge in [-0.25, -0.2) is 0 Å². The molecule has 1 heterocycles. The predicted octanol–water partition coefficient (Wildman–Crippen LogP) is 3.69. The fraction of sp³-hybridized carbons (Fsp3) is 0.150. The molecule has 132 valence electrons. The molecule has 2 aromatic carbocycles. The molecule has 0 atom stereocenters. The third-order valence-electron chi connectivity index (χ3n) is 3.96. The van der Waals surface area contributed by atoms with Crippen LogP contribution in [0.1, 0.15) is 26.3 Å². The number of hydrogen-bond donors (Lipinski definition) is 1. The number of hydrogen-bond acceptors (Lipinski definition) is 3. The van der Waals surface area contributed by atoms with E-state index in [1.807, 2.05) is 42.5 Å². The van der Waals surface area contributed by atoms with Crippen molar-refractivity contribution in [2.75, 3.05) is 6.54 Å². The molecule has 1 N–H and O–H groups in total. The van der Waals surface area contributed by atoms with E-state index in [9.17, 15) is 9.59 Å². The Morgan fingerprint density at radius 3 is 2.50 bits per heavy atom. The van der Waals surface area contributed by atoms with E-state index >= 15 is 0 Å². The Morgan fingerprint density at radius 1 is 1.12 bits per heavy atom. The number of benzene rings is 2. The van der Waals surface area contributed by atoms with Crippen molar-refractivity contribution in [1.82, 2.24) is 15.1 Å². The highest BCUT2D eigenvalue weighted by Gasteiger charge is 2.11. The molecular formula is C20H18BrN3O2. The lowest BCUT2D eigenvalue weighted by Gasteiger charge is -2.06. The highest BCUT2D eigenvalue weighted by Crippen LogP contribution is 2.20. The van der Waals surface area contributed by atoms with Crippen LogP contribution >= 0.6 is 15.9 Å². The summed E-state index contributed by atoms with van der Waals surface area (Å²) < 4.78 is 1.68. The minimum atomic E-state index is -0.128. The Bertz CT molecular complexity index is 889. The van der Waals surface area contributed by atoms with Crippen molar-refractivity contribution in [2.45, 2.75) is 11.9 Å². The first-order chi connectivity index (χ1) is 12.7. The molecule has 0 unspecified atom stereocenters. The van der Waals surface area contributed by atoms with Gasteiger partial charge in [0.25, 0.3) is 5.91 Å². The molecule has 0 fully saturated rings. The maximum atomic E-state index is 12.2. The monoisotopic (exact) mass is 411 g/mol. The second-order valence-corrected chi connectivity index (χ2v) is 6.33. The quantitative estimate of drug-likeness (QED) is 0.476. The lowest BCUT2D eigenvalue weighted by Crippen LogP contribution is -2.27. The molecule has 0 radical (unpaired) electrons. The first-order valence-corrected chi connectivity index (χ1v) is 9.34. The largest absolute Gasteiger partial charge is 0.350 e. The summed E-state index contributed by atoms with van der Waals surface area (Å²) in [5, 5.41) is 8.10. The summed E-state index contributed by atoms with van der Waals surface area (Å²) >= 11 is 3.38. The van der Waals surface area contributed by atoms with E-state index < -0.39 is 0 Å². The van der Waals surface area contributed by atoms with Crippen molar-refractivity contribution in [2.24, 2.45) is 0 Å². The van der Waals surface area contributed by atoms with Crippen LogP contribution in [0.3, 0.4) is 0 Å². The normalized spacial score (nSPS) is 10.5. The summed E-state index contributed by atoms with van der Waals surface area (Å²) in [7, 11) is 0. The first-order valence-electron chi connectivity index (χ1n) is 8.22. The van der Waals surface area contributed by atoms with Crippen LogP contribution in [0.5, 0.6) is 0 Å². The van der Waals surface area contributed by atoms with E-state index in [1.165, 1.54) is 0 Å². The lowest BCUT2D eigenvalue weighted by atomic mass is 10.1. The Kier molecular flexibility index (Phi) is 5.96. The second kappa shape index (κ2) is 8.58. The van der Waals surface area contributed by atoms with Gasteiger partial charge in [0, 0.05) is 29.2 Å². The van der Waals surface area contributed by atoms with Gasteiger partial charge in [-0.15, -0.1) is 0 Å². The molecule has 0 aliphatic carbocycles. The van der Waals surface area contributed by atoms with Gasteiger partial charge in [-0.2, -0.15) is 5.10 Å². The van der Waals surface area contributed by atoms with E-state index in [1.54, 1.807) is 23.0 Å². The molecule has 1 aromatic heterocycles. The molecular weight excluding hydrogens is 394 g/mol. The molecule has 0 saturated carbocycles. The summed E-state index contributed by atoms with van der Waals surface area (Å²) in [5.74, 6) is -0.128. The fourth-order valence-electron chi connectivity index (χ4n) is 2.59. The molecule has 0 aliphatic rings. The van der Waals surface area contributed by atoms with Crippen LogP contribution in [0.25, 0.3) is 11.3 Å². The molecule has 0 bridgehead atoms. The van der Waals surface area contributed by atoms with Crippen molar-refractivity contribution in [3.63, 3.8) is 0 Å². The van der Waals surface area contributed by atoms with Crippen LogP contribution in [0.15, 0.2) is 60.8 Å². The summed E-state index contributed by atoms with van der Waals surface area (Å²) in [5.41, 5.74) is 3.82. The zero-order valence-electron chi connectivity index (χ0n) is 14.1. The Balaban J connectivity index is 1.62. The van der Waals surface area contributed by atoms with Crippen molar-refractivity contribution in [1.29, 1.82) is 0 Å². The van der Waals surface area contributed by atoms with Gasteiger partial charge < -0.3 is 5.32 Å². The summed E-state index contributed by atoms with van der Waals surface area (Å²) in [4.78, 5) is 23.5. The summed E-state index contributed by atoms with van der Waals surface area (Å²) in [6.07, 6.45) is 2.50. The molecule has 0 spiro atoms. The number of alkyl halides is 1. The van der Waals surface area contributed by atoms with Gasteiger partial charge in [0.2, 0.25) is 0 Å². The number of carbonyl (C=O) groups is 2. The predicted molar refractivity (Wildman–Crippen MR) is 104 cm³/mol. The van der Waals surface area contributed by atoms with E-state index in [-0.39, 0.29) is 5.91 Å². The van der Waals surface area contributed by atoms with Crippen LogP contribution in [0.2, 0.25) is 0 Å². The third kappa shape index (κ3) is 4.26. The van der Waals surface area contributed by atoms with Gasteiger partial charge >= 0.3 is 0 Å². The van der Waals surface area contributed by atoms with Crippen LogP contribution < -0.4 is 5.32 Å². The maximum Gasteiger partial charge on any atom is 0.251 e. The zero-order chi connectivity index (χ0) is 18.4. The number of nitrogens with zero attached hydrogens (tertiary/aromatic N) is 2. The molecule has 3 rings (SSSR count). The van der Waals surface area contributed by atoms with Crippen LogP contribution in [-0.4, -0.2) is 28.5 Å². The van der Waals surface area contributed by atoms with Crippen LogP contribution in [-0.2, 0) is 11.9 Å². The van der Waals surface area contributed by atoms with E-state index in [4.69, 9.17) is 0 Å². The zero-order valence-corrected chi connectivity index (χ0v) is 15.6. The van der Waals surface area contributed by atoms with Gasteiger partial charge in [0.05, 0.1) is 12.1 Å². The van der Waals surface area contributed by atoms with Crippen molar-refractivity contribution in [3.05, 3.63) is 77.5 Å². The van der Waals surface area contributed by atoms with Gasteiger partial charge in [-0.05, 0) is 17.7 Å². The molecule has 1 amide bonds. The highest BCUT2D eigenvalue weighted by atomic mass is 79.9. The Labute approximate surface area is 160 Å². The minimum Gasteiger partial charge on any atom is -0.350 e. The van der Waals surface area contributed by atoms with Gasteiger partial charge in [-0.1, -0.05) is 58.4 Å². The Hall–Kier alpha value is -2.73. The number of rotatable bonds is 7. The van der Waals surface area contributed by atoms with E-state index in [0.29, 0.717) is 29.9 Å². The van der Waals surface area contributed by atoms with Crippen molar-refractivity contribution < 1.29 is 9.59 Å². The third-order valence-corrected chi connectivity index (χ3v) is 4.61. The maximum absolute atomic E-state index is 12.2. The molecule has 26 heavy (non-hydrogen) atoms. The van der Waals surface area contributed by atoms with Gasteiger partial charge in [0.15, 0.2) is 6.29 Å². The number of aldehydes is 1. The van der Waals surface area contributed by atoms with Crippen molar-refractivity contribution >= 4 is 28.1 Å². The number of carbonyl (C=O) groups excluding carboxylic acids is 2. The van der Waals surface area contributed by atoms with E-state index in [0.717, 1.165) is 22.7 Å². The number of nitrogens with one attached hydrogen (secondary N) is 1. The molecule has 0 saturated heterocycles. The van der Waals surface area contributed by atoms with Gasteiger partial charge in [-0.3, -0.25) is 14.3 Å². The molecule has 6 heteroatoms. The minimum absolute atomic E-state index is 0.128. The standard InChI is InChI=1S/C20H18BrN3O2/c21-12-15-6-8-17(9-7-15)20(26)22-10-11-24-13-18(14-25)19(23-24)16-4-2-1-3-5-16/h1-9,13-14H,10-12H2,(H,22,26). The van der Waals surface area contributed by atoms with E-state index in [2.05, 4.69) is 26.3 Å². The first kappa shape index (κ1) is 18.1. The number of amides is 1. The smallest absolute Gasteiger partial charge is 0.251 e. The summed E-state index contributed by atoms with van der Waals surface area (Å²) in [6.45, 7) is 0.909.